The van der Waals surface area contributed by atoms with Gasteiger partial charge in [-0.25, -0.2) is 0 Å². The maximum Gasteiger partial charge on any atom is 0.119 e. The molecule has 0 radical (unpaired) electrons. The van der Waals surface area contributed by atoms with Gasteiger partial charge in [-0.15, -0.1) is 0 Å². The molecule has 2 saturated carbocycles. The van der Waals surface area contributed by atoms with Crippen LogP contribution in [0.4, 0.5) is 0 Å². The van der Waals surface area contributed by atoms with Crippen molar-refractivity contribution in [2.24, 2.45) is 35.5 Å². The molecule has 1 N–H and O–H groups in total. The Balaban J connectivity index is 2.05. The minimum Gasteiger partial charge on any atom is -0.508 e. The van der Waals surface area contributed by atoms with Crippen molar-refractivity contribution >= 4 is 0 Å². The highest BCUT2D eigenvalue weighted by Crippen LogP contribution is 2.52. The lowest BCUT2D eigenvalue weighted by atomic mass is 9.62. The Hall–Kier alpha value is -0.980. The summed E-state index contributed by atoms with van der Waals surface area (Å²) in [6.45, 7) is 14.4. The Kier molecular flexibility index (Phi) is 6.59. The Morgan fingerprint density at radius 2 is 1.30 bits per heavy atom. The van der Waals surface area contributed by atoms with Gasteiger partial charge in [-0.2, -0.15) is 0 Å². The second-order valence-corrected chi connectivity index (χ2v) is 10.6. The first kappa shape index (κ1) is 20.7. The summed E-state index contributed by atoms with van der Waals surface area (Å²) in [5.74, 6) is 6.11. The number of benzene rings is 1. The van der Waals surface area contributed by atoms with Gasteiger partial charge in [0.2, 0.25) is 0 Å². The van der Waals surface area contributed by atoms with Crippen LogP contribution in [0.3, 0.4) is 0 Å². The van der Waals surface area contributed by atoms with Gasteiger partial charge >= 0.3 is 0 Å². The Morgan fingerprint density at radius 1 is 0.778 bits per heavy atom. The number of phenolic OH excluding ortho intramolecular Hbond substituents is 1. The van der Waals surface area contributed by atoms with Crippen molar-refractivity contribution in [3.8, 4) is 5.75 Å². The van der Waals surface area contributed by atoms with Gasteiger partial charge in [0.1, 0.15) is 5.75 Å². The predicted octanol–water partition coefficient (Wildman–Crippen LogP) is 7.74. The minimum atomic E-state index is 0.523. The molecule has 1 aromatic carbocycles. The van der Waals surface area contributed by atoms with E-state index in [1.165, 1.54) is 49.7 Å². The van der Waals surface area contributed by atoms with Crippen LogP contribution in [0.1, 0.15) is 103 Å². The molecule has 6 atom stereocenters. The van der Waals surface area contributed by atoms with E-state index in [2.05, 4.69) is 53.7 Å². The Labute approximate surface area is 168 Å². The fraction of sp³-hybridized carbons (Fsp3) is 0.769. The zero-order valence-electron chi connectivity index (χ0n) is 18.5. The van der Waals surface area contributed by atoms with E-state index in [-0.39, 0.29) is 0 Å². The first-order chi connectivity index (χ1) is 12.8. The van der Waals surface area contributed by atoms with E-state index >= 15 is 0 Å². The molecule has 152 valence electrons. The normalized spacial score (nSPS) is 35.0. The SMILES string of the molecule is CC1CCC(C(C)C)C(c2cccc(O)c2C2CC(C)CCC2C(C)C)C1. The van der Waals surface area contributed by atoms with Crippen LogP contribution < -0.4 is 0 Å². The Bertz CT molecular complexity index is 617. The summed E-state index contributed by atoms with van der Waals surface area (Å²) in [5.41, 5.74) is 2.82. The van der Waals surface area contributed by atoms with E-state index in [1.807, 2.05) is 6.07 Å². The molecule has 0 spiro atoms. The average Bonchev–Trinajstić information content (AvgIpc) is 2.60. The number of hydrogen-bond acceptors (Lipinski definition) is 1. The van der Waals surface area contributed by atoms with E-state index in [0.717, 1.165) is 17.8 Å². The van der Waals surface area contributed by atoms with Crippen molar-refractivity contribution in [2.75, 3.05) is 0 Å². The fourth-order valence-corrected chi connectivity index (χ4v) is 6.39. The van der Waals surface area contributed by atoms with Gasteiger partial charge in [0.15, 0.2) is 0 Å². The highest BCUT2D eigenvalue weighted by molar-refractivity contribution is 5.45. The summed E-state index contributed by atoms with van der Waals surface area (Å²) >= 11 is 0. The van der Waals surface area contributed by atoms with Crippen molar-refractivity contribution in [1.82, 2.24) is 0 Å². The summed E-state index contributed by atoms with van der Waals surface area (Å²) < 4.78 is 0. The summed E-state index contributed by atoms with van der Waals surface area (Å²) in [6, 6.07) is 6.41. The lowest BCUT2D eigenvalue weighted by molar-refractivity contribution is 0.181. The summed E-state index contributed by atoms with van der Waals surface area (Å²) in [4.78, 5) is 0. The zero-order chi connectivity index (χ0) is 19.7. The minimum absolute atomic E-state index is 0.523. The largest absolute Gasteiger partial charge is 0.508 e. The van der Waals surface area contributed by atoms with Crippen LogP contribution in [-0.4, -0.2) is 5.11 Å². The lowest BCUT2D eigenvalue weighted by Gasteiger charge is -2.42. The van der Waals surface area contributed by atoms with E-state index in [0.29, 0.717) is 35.3 Å². The molecule has 2 aliphatic rings. The van der Waals surface area contributed by atoms with Crippen LogP contribution in [-0.2, 0) is 0 Å². The molecular formula is C26H42O. The highest BCUT2D eigenvalue weighted by atomic mass is 16.3. The third-order valence-corrected chi connectivity index (χ3v) is 7.93. The average molecular weight is 371 g/mol. The quantitative estimate of drug-likeness (QED) is 0.574. The molecule has 2 fully saturated rings. The number of phenols is 1. The second-order valence-electron chi connectivity index (χ2n) is 10.6. The van der Waals surface area contributed by atoms with Crippen molar-refractivity contribution in [2.45, 2.75) is 91.9 Å². The van der Waals surface area contributed by atoms with Crippen molar-refractivity contribution in [1.29, 1.82) is 0 Å². The number of aromatic hydroxyl groups is 1. The predicted molar refractivity (Wildman–Crippen MR) is 116 cm³/mol. The van der Waals surface area contributed by atoms with Crippen LogP contribution in [0, 0.1) is 35.5 Å². The highest BCUT2D eigenvalue weighted by Gasteiger charge is 2.38. The molecule has 2 aliphatic carbocycles. The van der Waals surface area contributed by atoms with E-state index in [9.17, 15) is 5.11 Å². The Morgan fingerprint density at radius 3 is 1.85 bits per heavy atom. The van der Waals surface area contributed by atoms with Gasteiger partial charge < -0.3 is 5.11 Å². The van der Waals surface area contributed by atoms with E-state index < -0.39 is 0 Å². The summed E-state index contributed by atoms with van der Waals surface area (Å²) in [6.07, 6.45) is 7.88. The van der Waals surface area contributed by atoms with Crippen LogP contribution in [0.25, 0.3) is 0 Å². The molecule has 0 bridgehead atoms. The van der Waals surface area contributed by atoms with Crippen LogP contribution in [0.15, 0.2) is 18.2 Å². The molecule has 0 aliphatic heterocycles. The maximum absolute atomic E-state index is 11.1. The number of rotatable bonds is 4. The molecule has 0 saturated heterocycles. The third kappa shape index (κ3) is 4.38. The molecule has 1 aromatic rings. The second kappa shape index (κ2) is 8.58. The topological polar surface area (TPSA) is 20.2 Å². The monoisotopic (exact) mass is 370 g/mol. The first-order valence-corrected chi connectivity index (χ1v) is 11.6. The van der Waals surface area contributed by atoms with Gasteiger partial charge in [-0.05, 0) is 84.7 Å². The molecular weight excluding hydrogens is 328 g/mol. The summed E-state index contributed by atoms with van der Waals surface area (Å²) in [5, 5.41) is 11.1. The van der Waals surface area contributed by atoms with Gasteiger partial charge in [0, 0.05) is 5.56 Å². The van der Waals surface area contributed by atoms with Crippen molar-refractivity contribution < 1.29 is 5.11 Å². The van der Waals surface area contributed by atoms with E-state index in [4.69, 9.17) is 0 Å². The smallest absolute Gasteiger partial charge is 0.119 e. The van der Waals surface area contributed by atoms with Crippen LogP contribution in [0.2, 0.25) is 0 Å². The van der Waals surface area contributed by atoms with Gasteiger partial charge in [0.25, 0.3) is 0 Å². The van der Waals surface area contributed by atoms with E-state index in [1.54, 1.807) is 0 Å². The molecule has 0 heterocycles. The van der Waals surface area contributed by atoms with Crippen LogP contribution >= 0.6 is 0 Å². The maximum atomic E-state index is 11.1. The standard InChI is InChI=1S/C26H42O/c1-16(2)20-12-10-18(5)14-23(20)22-8-7-9-25(27)26(22)24-15-19(6)11-13-21(24)17(3)4/h7-9,16-21,23-24,27H,10-15H2,1-6H3. The molecule has 27 heavy (non-hydrogen) atoms. The molecule has 3 rings (SSSR count). The molecule has 0 aromatic heterocycles. The third-order valence-electron chi connectivity index (χ3n) is 7.93. The first-order valence-electron chi connectivity index (χ1n) is 11.6. The van der Waals surface area contributed by atoms with Gasteiger partial charge in [-0.3, -0.25) is 0 Å². The molecule has 6 unspecified atom stereocenters. The molecule has 0 amide bonds. The zero-order valence-corrected chi connectivity index (χ0v) is 18.5. The van der Waals surface area contributed by atoms with Gasteiger partial charge in [0.05, 0.1) is 0 Å². The fourth-order valence-electron chi connectivity index (χ4n) is 6.39. The lowest BCUT2D eigenvalue weighted by Crippen LogP contribution is -2.30. The number of hydrogen-bond donors (Lipinski definition) is 1. The van der Waals surface area contributed by atoms with Crippen molar-refractivity contribution in [3.05, 3.63) is 29.3 Å². The summed E-state index contributed by atoms with van der Waals surface area (Å²) in [7, 11) is 0. The molecule has 1 nitrogen and oxygen atoms in total. The van der Waals surface area contributed by atoms with Crippen LogP contribution in [0.5, 0.6) is 5.75 Å². The van der Waals surface area contributed by atoms with Crippen molar-refractivity contribution in [3.63, 3.8) is 0 Å². The van der Waals surface area contributed by atoms with Gasteiger partial charge in [-0.1, -0.05) is 66.5 Å². The molecule has 1 heteroatoms.